The summed E-state index contributed by atoms with van der Waals surface area (Å²) in [6.07, 6.45) is 5.82. The predicted octanol–water partition coefficient (Wildman–Crippen LogP) is 4.06. The zero-order chi connectivity index (χ0) is 15.2. The average Bonchev–Trinajstić information content (AvgIpc) is 2.37. The number of anilines is 1. The molecule has 0 aromatic carbocycles. The van der Waals surface area contributed by atoms with E-state index in [0.29, 0.717) is 6.10 Å². The van der Waals surface area contributed by atoms with Gasteiger partial charge in [-0.1, -0.05) is 20.8 Å². The molecule has 1 aromatic heterocycles. The van der Waals surface area contributed by atoms with E-state index >= 15 is 0 Å². The fourth-order valence-electron chi connectivity index (χ4n) is 3.28. The molecule has 0 amide bonds. The van der Waals surface area contributed by atoms with Crippen LogP contribution < -0.4 is 10.1 Å². The van der Waals surface area contributed by atoms with Crippen LogP contribution in [0, 0.1) is 11.8 Å². The van der Waals surface area contributed by atoms with Gasteiger partial charge in [-0.05, 0) is 44.4 Å². The van der Waals surface area contributed by atoms with Crippen molar-refractivity contribution in [1.29, 1.82) is 0 Å². The van der Waals surface area contributed by atoms with Gasteiger partial charge in [-0.25, -0.2) is 4.98 Å². The van der Waals surface area contributed by atoms with Crippen LogP contribution in [0.5, 0.6) is 5.88 Å². The van der Waals surface area contributed by atoms with Gasteiger partial charge in [-0.2, -0.15) is 4.98 Å². The second kappa shape index (κ2) is 7.62. The number of rotatable bonds is 6. The fraction of sp³-hybridized carbons (Fsp3) is 0.765. The van der Waals surface area contributed by atoms with E-state index < -0.39 is 0 Å². The number of nitrogens with one attached hydrogen (secondary N) is 1. The third-order valence-corrected chi connectivity index (χ3v) is 4.00. The molecular weight excluding hydrogens is 262 g/mol. The number of ether oxygens (including phenoxy) is 1. The van der Waals surface area contributed by atoms with Gasteiger partial charge in [0.05, 0.1) is 0 Å². The molecule has 1 N–H and O–H groups in total. The molecule has 1 aliphatic rings. The quantitative estimate of drug-likeness (QED) is 0.858. The Hall–Kier alpha value is -1.32. The molecule has 2 rings (SSSR count). The molecule has 2 atom stereocenters. The molecule has 4 heteroatoms. The van der Waals surface area contributed by atoms with Gasteiger partial charge < -0.3 is 10.1 Å². The molecule has 1 aliphatic carbocycles. The molecule has 21 heavy (non-hydrogen) atoms. The molecule has 1 aromatic rings. The third-order valence-electron chi connectivity index (χ3n) is 4.00. The molecular formula is C17H29N3O. The average molecular weight is 291 g/mol. The second-order valence-electron chi connectivity index (χ2n) is 6.45. The number of nitrogens with zero attached hydrogens (tertiary/aromatic N) is 2. The molecule has 1 saturated carbocycles. The minimum atomic E-state index is 0.294. The van der Waals surface area contributed by atoms with Crippen molar-refractivity contribution < 1.29 is 4.74 Å². The monoisotopic (exact) mass is 291 g/mol. The first-order valence-corrected chi connectivity index (χ1v) is 8.39. The van der Waals surface area contributed by atoms with Gasteiger partial charge in [0, 0.05) is 19.0 Å². The Labute approximate surface area is 128 Å². The Balaban J connectivity index is 2.10. The number of aromatic nitrogens is 2. The van der Waals surface area contributed by atoms with Crippen LogP contribution in [-0.2, 0) is 6.42 Å². The van der Waals surface area contributed by atoms with Gasteiger partial charge in [0.15, 0.2) is 0 Å². The molecule has 4 nitrogen and oxygen atoms in total. The smallest absolute Gasteiger partial charge is 0.218 e. The van der Waals surface area contributed by atoms with Gasteiger partial charge in [-0.3, -0.25) is 0 Å². The standard InChI is InChI=1S/C17H29N3O/c1-5-7-15-19-16(18-6-2)11-17(20-15)21-14-9-12(3)8-13(4)10-14/h11-14H,5-10H2,1-4H3,(H,18,19,20). The first-order valence-electron chi connectivity index (χ1n) is 8.39. The van der Waals surface area contributed by atoms with Crippen LogP contribution >= 0.6 is 0 Å². The number of aryl methyl sites for hydroxylation is 1. The summed E-state index contributed by atoms with van der Waals surface area (Å²) >= 11 is 0. The van der Waals surface area contributed by atoms with Crippen molar-refractivity contribution >= 4 is 5.82 Å². The van der Waals surface area contributed by atoms with E-state index in [1.807, 2.05) is 6.07 Å². The Morgan fingerprint density at radius 1 is 1.14 bits per heavy atom. The van der Waals surface area contributed by atoms with Crippen LogP contribution in [0.1, 0.15) is 59.2 Å². The molecule has 2 unspecified atom stereocenters. The number of hydrogen-bond acceptors (Lipinski definition) is 4. The van der Waals surface area contributed by atoms with Crippen LogP contribution in [0.2, 0.25) is 0 Å². The Morgan fingerprint density at radius 2 is 1.86 bits per heavy atom. The van der Waals surface area contributed by atoms with E-state index in [1.165, 1.54) is 6.42 Å². The normalized spacial score (nSPS) is 25.6. The van der Waals surface area contributed by atoms with Crippen molar-refractivity contribution in [3.8, 4) is 5.88 Å². The second-order valence-corrected chi connectivity index (χ2v) is 6.45. The highest BCUT2D eigenvalue weighted by Crippen LogP contribution is 2.31. The first-order chi connectivity index (χ1) is 10.1. The Bertz CT molecular complexity index is 415. The van der Waals surface area contributed by atoms with Crippen molar-refractivity contribution in [3.63, 3.8) is 0 Å². The molecule has 1 fully saturated rings. The van der Waals surface area contributed by atoms with Crippen molar-refractivity contribution in [1.82, 2.24) is 9.97 Å². The summed E-state index contributed by atoms with van der Waals surface area (Å²) in [7, 11) is 0. The lowest BCUT2D eigenvalue weighted by Crippen LogP contribution is -2.29. The fourth-order valence-corrected chi connectivity index (χ4v) is 3.28. The van der Waals surface area contributed by atoms with E-state index in [-0.39, 0.29) is 0 Å². The zero-order valence-corrected chi connectivity index (χ0v) is 13.9. The molecule has 0 spiro atoms. The summed E-state index contributed by atoms with van der Waals surface area (Å²) in [5.74, 6) is 3.97. The molecule has 0 saturated heterocycles. The molecule has 0 aliphatic heterocycles. The van der Waals surface area contributed by atoms with Crippen molar-refractivity contribution in [2.24, 2.45) is 11.8 Å². The van der Waals surface area contributed by atoms with Crippen LogP contribution in [0.4, 0.5) is 5.82 Å². The zero-order valence-electron chi connectivity index (χ0n) is 13.9. The predicted molar refractivity (Wildman–Crippen MR) is 86.8 cm³/mol. The van der Waals surface area contributed by atoms with Gasteiger partial charge in [0.25, 0.3) is 0 Å². The summed E-state index contributed by atoms with van der Waals surface area (Å²) in [5, 5.41) is 3.27. The highest BCUT2D eigenvalue weighted by Gasteiger charge is 2.25. The lowest BCUT2D eigenvalue weighted by atomic mass is 9.82. The van der Waals surface area contributed by atoms with Gasteiger partial charge in [0.2, 0.25) is 5.88 Å². The maximum Gasteiger partial charge on any atom is 0.218 e. The van der Waals surface area contributed by atoms with Gasteiger partial charge in [0.1, 0.15) is 17.7 Å². The van der Waals surface area contributed by atoms with Gasteiger partial charge >= 0.3 is 0 Å². The summed E-state index contributed by atoms with van der Waals surface area (Å²) < 4.78 is 6.18. The molecule has 0 bridgehead atoms. The van der Waals surface area contributed by atoms with E-state index in [4.69, 9.17) is 4.74 Å². The summed E-state index contributed by atoms with van der Waals surface area (Å²) in [6, 6.07) is 1.94. The Morgan fingerprint density at radius 3 is 2.48 bits per heavy atom. The first kappa shape index (κ1) is 16.1. The molecule has 118 valence electrons. The lowest BCUT2D eigenvalue weighted by molar-refractivity contribution is 0.0964. The van der Waals surface area contributed by atoms with E-state index in [9.17, 15) is 0 Å². The van der Waals surface area contributed by atoms with Crippen LogP contribution in [0.15, 0.2) is 6.07 Å². The highest BCUT2D eigenvalue weighted by molar-refractivity contribution is 5.38. The summed E-state index contributed by atoms with van der Waals surface area (Å²) in [4.78, 5) is 9.11. The summed E-state index contributed by atoms with van der Waals surface area (Å²) in [6.45, 7) is 9.72. The molecule has 1 heterocycles. The minimum Gasteiger partial charge on any atom is -0.474 e. The van der Waals surface area contributed by atoms with Crippen molar-refractivity contribution in [2.45, 2.75) is 65.9 Å². The van der Waals surface area contributed by atoms with Gasteiger partial charge in [-0.15, -0.1) is 0 Å². The lowest BCUT2D eigenvalue weighted by Gasteiger charge is -2.31. The number of hydrogen-bond donors (Lipinski definition) is 1. The largest absolute Gasteiger partial charge is 0.474 e. The maximum absolute atomic E-state index is 6.18. The van der Waals surface area contributed by atoms with Crippen LogP contribution in [0.25, 0.3) is 0 Å². The van der Waals surface area contributed by atoms with E-state index in [2.05, 4.69) is 43.0 Å². The maximum atomic E-state index is 6.18. The van der Waals surface area contributed by atoms with Crippen LogP contribution in [-0.4, -0.2) is 22.6 Å². The third kappa shape index (κ3) is 4.87. The van der Waals surface area contributed by atoms with Crippen LogP contribution in [0.3, 0.4) is 0 Å². The van der Waals surface area contributed by atoms with Crippen molar-refractivity contribution in [2.75, 3.05) is 11.9 Å². The SMILES string of the molecule is CCCc1nc(NCC)cc(OC2CC(C)CC(C)C2)n1. The topological polar surface area (TPSA) is 47.0 Å². The summed E-state index contributed by atoms with van der Waals surface area (Å²) in [5.41, 5.74) is 0. The van der Waals surface area contributed by atoms with Crippen molar-refractivity contribution in [3.05, 3.63) is 11.9 Å². The van der Waals surface area contributed by atoms with E-state index in [0.717, 1.165) is 61.6 Å². The minimum absolute atomic E-state index is 0.294. The Kier molecular flexibility index (Phi) is 5.83. The van der Waals surface area contributed by atoms with E-state index in [1.54, 1.807) is 0 Å². The highest BCUT2D eigenvalue weighted by atomic mass is 16.5. The molecule has 0 radical (unpaired) electrons.